The van der Waals surface area contributed by atoms with Gasteiger partial charge < -0.3 is 5.32 Å². The van der Waals surface area contributed by atoms with E-state index in [4.69, 9.17) is 0 Å². The average Bonchev–Trinajstić information content (AvgIpc) is 2.70. The molecule has 1 unspecified atom stereocenters. The standard InChI is InChI=1S/C14H14Br2FNS/c1-3-18-13(12-6-8(2)14(16)19-12)9-4-5-11(17)10(15)7-9/h4-7,13,18H,3H2,1-2H3. The fourth-order valence-corrected chi connectivity index (χ4v) is 3.98. The number of nitrogens with one attached hydrogen (secondary N) is 1. The molecule has 19 heavy (non-hydrogen) atoms. The summed E-state index contributed by atoms with van der Waals surface area (Å²) in [4.78, 5) is 1.23. The molecule has 0 saturated carbocycles. The van der Waals surface area contributed by atoms with E-state index in [1.807, 2.05) is 12.1 Å². The van der Waals surface area contributed by atoms with Crippen LogP contribution in [0, 0.1) is 12.7 Å². The molecular weight excluding hydrogens is 393 g/mol. The first kappa shape index (κ1) is 15.2. The third kappa shape index (κ3) is 3.45. The van der Waals surface area contributed by atoms with Crippen LogP contribution in [-0.2, 0) is 0 Å². The fourth-order valence-electron chi connectivity index (χ4n) is 1.90. The van der Waals surface area contributed by atoms with Crippen LogP contribution in [0.25, 0.3) is 0 Å². The molecule has 1 aromatic heterocycles. The molecule has 0 aliphatic carbocycles. The highest BCUT2D eigenvalue weighted by Crippen LogP contribution is 2.35. The van der Waals surface area contributed by atoms with Gasteiger partial charge in [-0.2, -0.15) is 0 Å². The van der Waals surface area contributed by atoms with Crippen LogP contribution in [0.4, 0.5) is 4.39 Å². The fraction of sp³-hybridized carbons (Fsp3) is 0.286. The summed E-state index contributed by atoms with van der Waals surface area (Å²) in [5.41, 5.74) is 2.29. The molecule has 0 fully saturated rings. The molecule has 102 valence electrons. The molecule has 0 aliphatic rings. The van der Waals surface area contributed by atoms with E-state index >= 15 is 0 Å². The molecule has 0 saturated heterocycles. The molecule has 1 aromatic carbocycles. The van der Waals surface area contributed by atoms with Gasteiger partial charge in [0.2, 0.25) is 0 Å². The lowest BCUT2D eigenvalue weighted by Gasteiger charge is -2.17. The van der Waals surface area contributed by atoms with E-state index in [0.29, 0.717) is 4.47 Å². The van der Waals surface area contributed by atoms with Crippen molar-refractivity contribution in [3.63, 3.8) is 0 Å². The van der Waals surface area contributed by atoms with Crippen LogP contribution in [-0.4, -0.2) is 6.54 Å². The minimum Gasteiger partial charge on any atom is -0.306 e. The third-order valence-corrected chi connectivity index (χ3v) is 5.66. The molecule has 0 spiro atoms. The Bertz CT molecular complexity index is 563. The number of thiophene rings is 1. The monoisotopic (exact) mass is 405 g/mol. The molecule has 1 heterocycles. The number of benzene rings is 1. The number of aryl methyl sites for hydroxylation is 1. The lowest BCUT2D eigenvalue weighted by molar-refractivity contribution is 0.611. The van der Waals surface area contributed by atoms with Gasteiger partial charge in [-0.15, -0.1) is 11.3 Å². The van der Waals surface area contributed by atoms with Crippen LogP contribution >= 0.6 is 43.2 Å². The van der Waals surface area contributed by atoms with Crippen molar-refractivity contribution in [1.82, 2.24) is 5.32 Å². The van der Waals surface area contributed by atoms with Crippen molar-refractivity contribution in [2.24, 2.45) is 0 Å². The smallest absolute Gasteiger partial charge is 0.137 e. The number of hydrogen-bond donors (Lipinski definition) is 1. The van der Waals surface area contributed by atoms with Crippen LogP contribution in [0.2, 0.25) is 0 Å². The highest BCUT2D eigenvalue weighted by atomic mass is 79.9. The van der Waals surface area contributed by atoms with Crippen molar-refractivity contribution < 1.29 is 4.39 Å². The number of hydrogen-bond acceptors (Lipinski definition) is 2. The van der Waals surface area contributed by atoms with E-state index in [-0.39, 0.29) is 11.9 Å². The molecule has 0 bridgehead atoms. The van der Waals surface area contributed by atoms with E-state index in [9.17, 15) is 4.39 Å². The van der Waals surface area contributed by atoms with Crippen molar-refractivity contribution >= 4 is 43.2 Å². The largest absolute Gasteiger partial charge is 0.306 e. The zero-order valence-electron chi connectivity index (χ0n) is 10.6. The van der Waals surface area contributed by atoms with Crippen LogP contribution in [0.5, 0.6) is 0 Å². The predicted octanol–water partition coefficient (Wildman–Crippen LogP) is 5.42. The van der Waals surface area contributed by atoms with Gasteiger partial charge in [0, 0.05) is 4.88 Å². The summed E-state index contributed by atoms with van der Waals surface area (Å²) >= 11 is 8.52. The highest BCUT2D eigenvalue weighted by molar-refractivity contribution is 9.11. The van der Waals surface area contributed by atoms with Gasteiger partial charge in [-0.3, -0.25) is 0 Å². The van der Waals surface area contributed by atoms with Gasteiger partial charge in [0.25, 0.3) is 0 Å². The predicted molar refractivity (Wildman–Crippen MR) is 86.4 cm³/mol. The van der Waals surface area contributed by atoms with Crippen molar-refractivity contribution in [2.75, 3.05) is 6.54 Å². The van der Waals surface area contributed by atoms with E-state index in [1.54, 1.807) is 11.3 Å². The Morgan fingerprint density at radius 3 is 2.58 bits per heavy atom. The first-order valence-corrected chi connectivity index (χ1v) is 8.37. The Kier molecular flexibility index (Phi) is 5.17. The Morgan fingerprint density at radius 2 is 2.05 bits per heavy atom. The molecule has 1 nitrogen and oxygen atoms in total. The van der Waals surface area contributed by atoms with Crippen LogP contribution in [0.1, 0.15) is 29.0 Å². The van der Waals surface area contributed by atoms with E-state index in [0.717, 1.165) is 15.9 Å². The Morgan fingerprint density at radius 1 is 1.32 bits per heavy atom. The molecule has 0 amide bonds. The van der Waals surface area contributed by atoms with Crippen molar-refractivity contribution in [1.29, 1.82) is 0 Å². The SMILES string of the molecule is CCNC(c1ccc(F)c(Br)c1)c1cc(C)c(Br)s1. The second-order valence-corrected chi connectivity index (χ2v) is 7.53. The lowest BCUT2D eigenvalue weighted by Crippen LogP contribution is -2.21. The summed E-state index contributed by atoms with van der Waals surface area (Å²) < 4.78 is 15.0. The van der Waals surface area contributed by atoms with E-state index in [1.165, 1.54) is 16.5 Å². The molecule has 1 atom stereocenters. The van der Waals surface area contributed by atoms with Gasteiger partial charge in [0.15, 0.2) is 0 Å². The Hall–Kier alpha value is -0.230. The Labute approximate surface area is 133 Å². The highest BCUT2D eigenvalue weighted by Gasteiger charge is 2.17. The van der Waals surface area contributed by atoms with Crippen LogP contribution < -0.4 is 5.32 Å². The zero-order valence-corrected chi connectivity index (χ0v) is 14.6. The number of rotatable bonds is 4. The maximum absolute atomic E-state index is 13.3. The van der Waals surface area contributed by atoms with Gasteiger partial charge in [0.05, 0.1) is 14.3 Å². The molecular formula is C14H14Br2FNS. The molecule has 0 aliphatic heterocycles. The van der Waals surface area contributed by atoms with Crippen LogP contribution in [0.3, 0.4) is 0 Å². The quantitative estimate of drug-likeness (QED) is 0.714. The summed E-state index contributed by atoms with van der Waals surface area (Å²) in [5.74, 6) is -0.234. The average molecular weight is 407 g/mol. The van der Waals surface area contributed by atoms with E-state index < -0.39 is 0 Å². The van der Waals surface area contributed by atoms with Gasteiger partial charge in [-0.05, 0) is 74.7 Å². The Balaban J connectivity index is 2.41. The van der Waals surface area contributed by atoms with Gasteiger partial charge in [-0.1, -0.05) is 13.0 Å². The zero-order chi connectivity index (χ0) is 14.0. The van der Waals surface area contributed by atoms with Gasteiger partial charge >= 0.3 is 0 Å². The van der Waals surface area contributed by atoms with Crippen molar-refractivity contribution in [3.05, 3.63) is 54.3 Å². The van der Waals surface area contributed by atoms with Gasteiger partial charge in [0.1, 0.15) is 5.82 Å². The third-order valence-electron chi connectivity index (χ3n) is 2.85. The molecule has 1 N–H and O–H groups in total. The maximum atomic E-state index is 13.3. The minimum absolute atomic E-state index is 0.0944. The molecule has 0 radical (unpaired) electrons. The summed E-state index contributed by atoms with van der Waals surface area (Å²) in [7, 11) is 0. The summed E-state index contributed by atoms with van der Waals surface area (Å²) in [5, 5.41) is 3.45. The molecule has 2 rings (SSSR count). The van der Waals surface area contributed by atoms with Crippen molar-refractivity contribution in [3.8, 4) is 0 Å². The second-order valence-electron chi connectivity index (χ2n) is 4.27. The van der Waals surface area contributed by atoms with E-state index in [2.05, 4.69) is 57.1 Å². The molecule has 5 heteroatoms. The summed E-state index contributed by atoms with van der Waals surface area (Å²) in [6.07, 6.45) is 0. The first-order valence-electron chi connectivity index (χ1n) is 5.97. The normalized spacial score (nSPS) is 12.7. The second kappa shape index (κ2) is 6.48. The summed E-state index contributed by atoms with van der Waals surface area (Å²) in [6.45, 7) is 5.00. The van der Waals surface area contributed by atoms with Crippen molar-refractivity contribution in [2.45, 2.75) is 19.9 Å². The number of halogens is 3. The minimum atomic E-state index is -0.234. The molecule has 2 aromatic rings. The summed E-state index contributed by atoms with van der Waals surface area (Å²) in [6, 6.07) is 7.43. The van der Waals surface area contributed by atoms with Gasteiger partial charge in [-0.25, -0.2) is 4.39 Å². The lowest BCUT2D eigenvalue weighted by atomic mass is 10.0. The maximum Gasteiger partial charge on any atom is 0.137 e. The topological polar surface area (TPSA) is 12.0 Å². The first-order chi connectivity index (χ1) is 9.02. The van der Waals surface area contributed by atoms with Crippen LogP contribution in [0.15, 0.2) is 32.5 Å².